The van der Waals surface area contributed by atoms with Gasteiger partial charge < -0.3 is 9.84 Å². The second-order valence-electron chi connectivity index (χ2n) is 5.71. The third-order valence-electron chi connectivity index (χ3n) is 4.12. The lowest BCUT2D eigenvalue weighted by atomic mass is 9.78. The maximum Gasteiger partial charge on any atom is 0.273 e. The number of aryl methyl sites for hydroxylation is 1. The molecule has 106 valence electrons. The number of carbonyl (C=O) groups is 1. The summed E-state index contributed by atoms with van der Waals surface area (Å²) in [7, 11) is 1.86. The maximum atomic E-state index is 12.1. The molecule has 6 nitrogen and oxygen atoms in total. The van der Waals surface area contributed by atoms with Crippen molar-refractivity contribution in [3.05, 3.63) is 23.7 Å². The number of carbonyl (C=O) groups excluding carboxylic acids is 1. The van der Waals surface area contributed by atoms with Crippen LogP contribution in [0.3, 0.4) is 0 Å². The van der Waals surface area contributed by atoms with E-state index < -0.39 is 0 Å². The first-order chi connectivity index (χ1) is 9.48. The Morgan fingerprint density at radius 2 is 2.25 bits per heavy atom. The van der Waals surface area contributed by atoms with Crippen molar-refractivity contribution in [3.63, 3.8) is 0 Å². The molecule has 0 saturated heterocycles. The highest BCUT2D eigenvalue weighted by molar-refractivity contribution is 5.93. The monoisotopic (exact) mass is 274 g/mol. The smallest absolute Gasteiger partial charge is 0.273 e. The predicted octanol–water partition coefficient (Wildman–Crippen LogP) is 2.06. The van der Waals surface area contributed by atoms with Crippen molar-refractivity contribution in [2.24, 2.45) is 7.05 Å². The van der Waals surface area contributed by atoms with Crippen LogP contribution in [-0.2, 0) is 7.05 Å². The van der Waals surface area contributed by atoms with E-state index in [2.05, 4.69) is 22.5 Å². The lowest BCUT2D eigenvalue weighted by Gasteiger charge is -2.38. The number of aromatic nitrogens is 3. The average molecular weight is 274 g/mol. The van der Waals surface area contributed by atoms with Crippen molar-refractivity contribution in [1.29, 1.82) is 0 Å². The highest BCUT2D eigenvalue weighted by atomic mass is 16.5. The highest BCUT2D eigenvalue weighted by Gasteiger charge is 2.34. The van der Waals surface area contributed by atoms with Crippen LogP contribution in [0.2, 0.25) is 0 Å². The van der Waals surface area contributed by atoms with E-state index in [4.69, 9.17) is 4.52 Å². The molecule has 0 unspecified atom stereocenters. The second kappa shape index (κ2) is 4.47. The molecule has 1 N–H and O–H groups in total. The highest BCUT2D eigenvalue weighted by Crippen LogP contribution is 2.31. The summed E-state index contributed by atoms with van der Waals surface area (Å²) in [6, 6.07) is 1.67. The van der Waals surface area contributed by atoms with Crippen LogP contribution in [0.1, 0.15) is 42.4 Å². The SMILES string of the molecule is Cc1c(-c2cc(C(=O)NC3(C)CCC3)no2)cnn1C. The Morgan fingerprint density at radius 1 is 1.50 bits per heavy atom. The molecule has 2 heterocycles. The van der Waals surface area contributed by atoms with E-state index in [0.29, 0.717) is 11.5 Å². The van der Waals surface area contributed by atoms with Crippen LogP contribution in [0.4, 0.5) is 0 Å². The van der Waals surface area contributed by atoms with Crippen molar-refractivity contribution in [2.45, 2.75) is 38.6 Å². The van der Waals surface area contributed by atoms with E-state index in [9.17, 15) is 4.79 Å². The molecule has 20 heavy (non-hydrogen) atoms. The molecule has 2 aromatic heterocycles. The number of hydrogen-bond acceptors (Lipinski definition) is 4. The minimum absolute atomic E-state index is 0.0829. The fourth-order valence-corrected chi connectivity index (χ4v) is 2.42. The number of rotatable bonds is 3. The summed E-state index contributed by atoms with van der Waals surface area (Å²) in [5.41, 5.74) is 2.06. The maximum absolute atomic E-state index is 12.1. The van der Waals surface area contributed by atoms with E-state index in [1.165, 1.54) is 0 Å². The van der Waals surface area contributed by atoms with Crippen molar-refractivity contribution in [1.82, 2.24) is 20.3 Å². The number of amides is 1. The van der Waals surface area contributed by atoms with Gasteiger partial charge in [0.2, 0.25) is 0 Å². The Kier molecular flexibility index (Phi) is 2.88. The van der Waals surface area contributed by atoms with Crippen LogP contribution in [0, 0.1) is 6.92 Å². The largest absolute Gasteiger partial charge is 0.355 e. The van der Waals surface area contributed by atoms with Gasteiger partial charge in [0, 0.05) is 24.3 Å². The summed E-state index contributed by atoms with van der Waals surface area (Å²) in [5, 5.41) is 11.0. The second-order valence-corrected chi connectivity index (χ2v) is 5.71. The minimum Gasteiger partial charge on any atom is -0.355 e. The third kappa shape index (κ3) is 2.11. The van der Waals surface area contributed by atoms with Crippen LogP contribution < -0.4 is 5.32 Å². The van der Waals surface area contributed by atoms with E-state index >= 15 is 0 Å². The molecule has 2 aromatic rings. The third-order valence-corrected chi connectivity index (χ3v) is 4.12. The minimum atomic E-state index is -0.177. The summed E-state index contributed by atoms with van der Waals surface area (Å²) in [4.78, 5) is 12.1. The van der Waals surface area contributed by atoms with Gasteiger partial charge in [-0.1, -0.05) is 5.16 Å². The molecule has 0 bridgehead atoms. The zero-order chi connectivity index (χ0) is 14.3. The number of nitrogens with zero attached hydrogens (tertiary/aromatic N) is 3. The van der Waals surface area contributed by atoms with Gasteiger partial charge in [0.15, 0.2) is 11.5 Å². The standard InChI is InChI=1S/C14H18N4O2/c1-9-10(8-15-18(9)3)12-7-11(17-20-12)13(19)16-14(2)5-4-6-14/h7-8H,4-6H2,1-3H3,(H,16,19). The van der Waals surface area contributed by atoms with Gasteiger partial charge in [0.05, 0.1) is 11.8 Å². The molecular weight excluding hydrogens is 256 g/mol. The fourth-order valence-electron chi connectivity index (χ4n) is 2.42. The first-order valence-corrected chi connectivity index (χ1v) is 6.77. The summed E-state index contributed by atoms with van der Waals surface area (Å²) in [6.07, 6.45) is 4.91. The molecule has 0 atom stereocenters. The Bertz CT molecular complexity index is 652. The molecule has 1 aliphatic carbocycles. The summed E-state index contributed by atoms with van der Waals surface area (Å²) in [5.74, 6) is 0.392. The van der Waals surface area contributed by atoms with Crippen LogP contribution in [-0.4, -0.2) is 26.4 Å². The van der Waals surface area contributed by atoms with Gasteiger partial charge in [-0.05, 0) is 33.1 Å². The zero-order valence-corrected chi connectivity index (χ0v) is 11.9. The quantitative estimate of drug-likeness (QED) is 0.929. The van der Waals surface area contributed by atoms with Crippen LogP contribution in [0.5, 0.6) is 0 Å². The van der Waals surface area contributed by atoms with E-state index in [-0.39, 0.29) is 11.4 Å². The van der Waals surface area contributed by atoms with Crippen LogP contribution in [0.25, 0.3) is 11.3 Å². The fraction of sp³-hybridized carbons (Fsp3) is 0.500. The normalized spacial score (nSPS) is 16.8. The lowest BCUT2D eigenvalue weighted by Crippen LogP contribution is -2.51. The van der Waals surface area contributed by atoms with E-state index in [1.54, 1.807) is 16.9 Å². The first kappa shape index (κ1) is 12.9. The Hall–Kier alpha value is -2.11. The van der Waals surface area contributed by atoms with Crippen molar-refractivity contribution >= 4 is 5.91 Å². The Balaban J connectivity index is 1.80. The van der Waals surface area contributed by atoms with Crippen molar-refractivity contribution in [3.8, 4) is 11.3 Å². The Morgan fingerprint density at radius 3 is 2.80 bits per heavy atom. The van der Waals surface area contributed by atoms with Gasteiger partial charge in [-0.25, -0.2) is 0 Å². The van der Waals surface area contributed by atoms with E-state index in [1.807, 2.05) is 14.0 Å². The molecular formula is C14H18N4O2. The van der Waals surface area contributed by atoms with Gasteiger partial charge in [-0.3, -0.25) is 9.48 Å². The summed E-state index contributed by atoms with van der Waals surface area (Å²) >= 11 is 0. The van der Waals surface area contributed by atoms with Gasteiger partial charge >= 0.3 is 0 Å². The molecule has 1 aliphatic rings. The lowest BCUT2D eigenvalue weighted by molar-refractivity contribution is 0.0841. The van der Waals surface area contributed by atoms with Gasteiger partial charge in [-0.15, -0.1) is 0 Å². The molecule has 0 aliphatic heterocycles. The molecule has 0 spiro atoms. The van der Waals surface area contributed by atoms with Crippen molar-refractivity contribution in [2.75, 3.05) is 0 Å². The molecule has 6 heteroatoms. The molecule has 0 radical (unpaired) electrons. The topological polar surface area (TPSA) is 73.0 Å². The van der Waals surface area contributed by atoms with Crippen LogP contribution >= 0.6 is 0 Å². The molecule has 1 amide bonds. The van der Waals surface area contributed by atoms with Gasteiger partial charge in [0.1, 0.15) is 0 Å². The van der Waals surface area contributed by atoms with Gasteiger partial charge in [-0.2, -0.15) is 5.10 Å². The van der Waals surface area contributed by atoms with E-state index in [0.717, 1.165) is 30.5 Å². The number of hydrogen-bond donors (Lipinski definition) is 1. The first-order valence-electron chi connectivity index (χ1n) is 6.77. The molecule has 3 rings (SSSR count). The average Bonchev–Trinajstić information content (AvgIpc) is 2.96. The summed E-state index contributed by atoms with van der Waals surface area (Å²) in [6.45, 7) is 4.00. The molecule has 1 fully saturated rings. The van der Waals surface area contributed by atoms with Gasteiger partial charge in [0.25, 0.3) is 5.91 Å². The zero-order valence-electron chi connectivity index (χ0n) is 11.9. The predicted molar refractivity (Wildman–Crippen MR) is 73.2 cm³/mol. The molecule has 0 aromatic carbocycles. The van der Waals surface area contributed by atoms with Crippen LogP contribution in [0.15, 0.2) is 16.8 Å². The Labute approximate surface area is 117 Å². The molecule has 1 saturated carbocycles. The van der Waals surface area contributed by atoms with Crippen molar-refractivity contribution < 1.29 is 9.32 Å². The number of nitrogens with one attached hydrogen (secondary N) is 1. The summed E-state index contributed by atoms with van der Waals surface area (Å²) < 4.78 is 7.02.